The van der Waals surface area contributed by atoms with E-state index in [1.807, 2.05) is 72.2 Å². The van der Waals surface area contributed by atoms with Gasteiger partial charge in [-0.25, -0.2) is 0 Å². The first-order valence-corrected chi connectivity index (χ1v) is 11.4. The third-order valence-electron chi connectivity index (χ3n) is 6.45. The summed E-state index contributed by atoms with van der Waals surface area (Å²) in [6.07, 6.45) is 4.22. The lowest BCUT2D eigenvalue weighted by molar-refractivity contribution is -0.0370. The smallest absolute Gasteiger partial charge is 0.254 e. The first-order chi connectivity index (χ1) is 15.0. The van der Waals surface area contributed by atoms with Crippen molar-refractivity contribution in [1.82, 2.24) is 9.80 Å². The van der Waals surface area contributed by atoms with E-state index in [4.69, 9.17) is 4.74 Å². The van der Waals surface area contributed by atoms with Crippen molar-refractivity contribution in [2.75, 3.05) is 26.2 Å². The number of morpholine rings is 1. The van der Waals surface area contributed by atoms with Crippen molar-refractivity contribution in [2.45, 2.75) is 51.7 Å². The Morgan fingerprint density at radius 3 is 2.13 bits per heavy atom. The monoisotopic (exact) mass is 420 g/mol. The maximum Gasteiger partial charge on any atom is 0.254 e. The fraction of sp³-hybridized carbons (Fsp3) is 0.462. The topological polar surface area (TPSA) is 49.9 Å². The van der Waals surface area contributed by atoms with Gasteiger partial charge in [-0.2, -0.15) is 0 Å². The van der Waals surface area contributed by atoms with Crippen LogP contribution in [0.2, 0.25) is 0 Å². The van der Waals surface area contributed by atoms with E-state index in [1.165, 1.54) is 0 Å². The maximum atomic E-state index is 13.4. The molecule has 1 heterocycles. The van der Waals surface area contributed by atoms with E-state index >= 15 is 0 Å². The molecule has 0 spiro atoms. The highest BCUT2D eigenvalue weighted by molar-refractivity contribution is 5.95. The largest absolute Gasteiger partial charge is 0.373 e. The van der Waals surface area contributed by atoms with E-state index in [0.29, 0.717) is 31.8 Å². The van der Waals surface area contributed by atoms with Crippen LogP contribution in [0.5, 0.6) is 0 Å². The van der Waals surface area contributed by atoms with Gasteiger partial charge in [0.05, 0.1) is 12.7 Å². The molecular weight excluding hydrogens is 388 g/mol. The fourth-order valence-corrected chi connectivity index (χ4v) is 4.59. The van der Waals surface area contributed by atoms with Crippen molar-refractivity contribution in [3.63, 3.8) is 0 Å². The molecule has 4 rings (SSSR count). The first-order valence-electron chi connectivity index (χ1n) is 11.4. The summed E-state index contributed by atoms with van der Waals surface area (Å²) >= 11 is 0. The number of hydrogen-bond acceptors (Lipinski definition) is 3. The molecule has 5 nitrogen and oxygen atoms in total. The summed E-state index contributed by atoms with van der Waals surface area (Å²) < 4.78 is 6.02. The number of hydrogen-bond donors (Lipinski definition) is 0. The Balaban J connectivity index is 1.47. The fourth-order valence-electron chi connectivity index (χ4n) is 4.59. The number of ether oxygens (including phenoxy) is 1. The molecule has 1 aliphatic carbocycles. The van der Waals surface area contributed by atoms with Crippen molar-refractivity contribution >= 4 is 11.8 Å². The summed E-state index contributed by atoms with van der Waals surface area (Å²) in [7, 11) is 0. The van der Waals surface area contributed by atoms with Crippen LogP contribution in [-0.4, -0.2) is 60.0 Å². The number of carbonyl (C=O) groups is 2. The van der Waals surface area contributed by atoms with Gasteiger partial charge < -0.3 is 14.5 Å². The summed E-state index contributed by atoms with van der Waals surface area (Å²) in [5, 5.41) is 0. The second-order valence-corrected chi connectivity index (χ2v) is 8.87. The standard InChI is InChI=1S/C26H32N2O3/c1-19-7-11-21(12-8-19)25(29)27-15-16-31-24(17-27)18-28(23-5-3-4-6-23)26(30)22-13-9-20(2)10-14-22/h7-14,23-24H,3-6,15-18H2,1-2H3. The van der Waals surface area contributed by atoms with Crippen LogP contribution in [0, 0.1) is 13.8 Å². The second-order valence-electron chi connectivity index (χ2n) is 8.87. The molecule has 2 fully saturated rings. The Labute approximate surface area is 185 Å². The van der Waals surface area contributed by atoms with Crippen LogP contribution < -0.4 is 0 Å². The van der Waals surface area contributed by atoms with Gasteiger partial charge in [0, 0.05) is 36.8 Å². The molecule has 2 aliphatic rings. The molecule has 0 N–H and O–H groups in total. The Bertz CT molecular complexity index is 901. The lowest BCUT2D eigenvalue weighted by Crippen LogP contribution is -2.52. The van der Waals surface area contributed by atoms with Gasteiger partial charge in [-0.1, -0.05) is 48.2 Å². The normalized spacial score (nSPS) is 19.4. The first kappa shape index (κ1) is 21.6. The van der Waals surface area contributed by atoms with Crippen LogP contribution in [0.1, 0.15) is 57.5 Å². The third-order valence-corrected chi connectivity index (χ3v) is 6.45. The lowest BCUT2D eigenvalue weighted by atomic mass is 10.1. The molecular formula is C26H32N2O3. The minimum absolute atomic E-state index is 0.0329. The molecule has 2 aromatic rings. The molecule has 2 amide bonds. The van der Waals surface area contributed by atoms with Gasteiger partial charge in [-0.15, -0.1) is 0 Å². The molecule has 0 aromatic heterocycles. The van der Waals surface area contributed by atoms with Crippen LogP contribution >= 0.6 is 0 Å². The van der Waals surface area contributed by atoms with E-state index < -0.39 is 0 Å². The SMILES string of the molecule is Cc1ccc(C(=O)N2CCOC(CN(C(=O)c3ccc(C)cc3)C3CCCC3)C2)cc1. The highest BCUT2D eigenvalue weighted by Gasteiger charge is 2.32. The molecule has 2 aromatic carbocycles. The maximum absolute atomic E-state index is 13.4. The number of benzene rings is 2. The van der Waals surface area contributed by atoms with E-state index in [1.54, 1.807) is 0 Å². The van der Waals surface area contributed by atoms with Crippen molar-refractivity contribution in [3.05, 3.63) is 70.8 Å². The highest BCUT2D eigenvalue weighted by Crippen LogP contribution is 2.26. The van der Waals surface area contributed by atoms with Crippen LogP contribution in [0.3, 0.4) is 0 Å². The van der Waals surface area contributed by atoms with Gasteiger partial charge in [0.1, 0.15) is 0 Å². The van der Waals surface area contributed by atoms with Gasteiger partial charge >= 0.3 is 0 Å². The van der Waals surface area contributed by atoms with Crippen LogP contribution in [-0.2, 0) is 4.74 Å². The van der Waals surface area contributed by atoms with E-state index in [2.05, 4.69) is 0 Å². The molecule has 1 atom stereocenters. The van der Waals surface area contributed by atoms with Crippen LogP contribution in [0.15, 0.2) is 48.5 Å². The minimum atomic E-state index is -0.168. The Hall–Kier alpha value is -2.66. The van der Waals surface area contributed by atoms with Gasteiger partial charge in [-0.3, -0.25) is 9.59 Å². The summed E-state index contributed by atoms with van der Waals surface area (Å²) in [5.41, 5.74) is 3.71. The summed E-state index contributed by atoms with van der Waals surface area (Å²) in [5.74, 6) is 0.100. The predicted molar refractivity (Wildman–Crippen MR) is 121 cm³/mol. The van der Waals surface area contributed by atoms with E-state index in [0.717, 1.165) is 42.4 Å². The quantitative estimate of drug-likeness (QED) is 0.727. The van der Waals surface area contributed by atoms with Crippen molar-refractivity contribution in [3.8, 4) is 0 Å². The molecule has 5 heteroatoms. The van der Waals surface area contributed by atoms with E-state index in [-0.39, 0.29) is 24.0 Å². The lowest BCUT2D eigenvalue weighted by Gasteiger charge is -2.38. The van der Waals surface area contributed by atoms with Gasteiger partial charge in [-0.05, 0) is 51.0 Å². The van der Waals surface area contributed by atoms with Crippen LogP contribution in [0.25, 0.3) is 0 Å². The van der Waals surface area contributed by atoms with Gasteiger partial charge in [0.2, 0.25) is 0 Å². The molecule has 1 saturated carbocycles. The van der Waals surface area contributed by atoms with Crippen LogP contribution in [0.4, 0.5) is 0 Å². The van der Waals surface area contributed by atoms with Gasteiger partial charge in [0.25, 0.3) is 11.8 Å². The molecule has 1 saturated heterocycles. The molecule has 164 valence electrons. The third kappa shape index (κ3) is 5.16. The number of rotatable bonds is 5. The van der Waals surface area contributed by atoms with Gasteiger partial charge in [0.15, 0.2) is 0 Å². The summed E-state index contributed by atoms with van der Waals surface area (Å²) in [4.78, 5) is 30.2. The minimum Gasteiger partial charge on any atom is -0.373 e. The van der Waals surface area contributed by atoms with Crippen molar-refractivity contribution in [2.24, 2.45) is 0 Å². The molecule has 31 heavy (non-hydrogen) atoms. The number of aryl methyl sites for hydroxylation is 2. The molecule has 1 unspecified atom stereocenters. The van der Waals surface area contributed by atoms with Crippen molar-refractivity contribution < 1.29 is 14.3 Å². The number of nitrogens with zero attached hydrogens (tertiary/aromatic N) is 2. The zero-order chi connectivity index (χ0) is 21.8. The van der Waals surface area contributed by atoms with E-state index in [9.17, 15) is 9.59 Å². The highest BCUT2D eigenvalue weighted by atomic mass is 16.5. The predicted octanol–water partition coefficient (Wildman–Crippen LogP) is 4.23. The average Bonchev–Trinajstić information content (AvgIpc) is 3.32. The summed E-state index contributed by atoms with van der Waals surface area (Å²) in [6, 6.07) is 15.7. The number of amides is 2. The molecule has 0 bridgehead atoms. The zero-order valence-corrected chi connectivity index (χ0v) is 18.5. The second kappa shape index (κ2) is 9.65. The number of carbonyl (C=O) groups excluding carboxylic acids is 2. The average molecular weight is 421 g/mol. The Morgan fingerprint density at radius 2 is 1.52 bits per heavy atom. The molecule has 0 radical (unpaired) electrons. The molecule has 1 aliphatic heterocycles. The Kier molecular flexibility index (Phi) is 6.71. The summed E-state index contributed by atoms with van der Waals surface area (Å²) in [6.45, 7) is 6.16. The Morgan fingerprint density at radius 1 is 0.935 bits per heavy atom. The van der Waals surface area contributed by atoms with Crippen molar-refractivity contribution in [1.29, 1.82) is 0 Å². The zero-order valence-electron chi connectivity index (χ0n) is 18.5.